The highest BCUT2D eigenvalue weighted by Crippen LogP contribution is 2.15. The minimum absolute atomic E-state index is 0.0124. The molecule has 13 heavy (non-hydrogen) atoms. The van der Waals surface area contributed by atoms with E-state index >= 15 is 0 Å². The number of rotatable bonds is 4. The molecular formula is C7H13ClO4S. The summed E-state index contributed by atoms with van der Waals surface area (Å²) in [7, 11) is 1.59. The van der Waals surface area contributed by atoms with Crippen molar-refractivity contribution in [2.45, 2.75) is 13.0 Å². The first-order valence-corrected chi connectivity index (χ1v) is 6.58. The van der Waals surface area contributed by atoms with Gasteiger partial charge in [0.25, 0.3) is 0 Å². The monoisotopic (exact) mass is 228 g/mol. The summed E-state index contributed by atoms with van der Waals surface area (Å²) in [4.78, 5) is 0. The Morgan fingerprint density at radius 2 is 2.23 bits per heavy atom. The van der Waals surface area contributed by atoms with Crippen LogP contribution in [-0.2, 0) is 18.5 Å². The molecule has 78 valence electrons. The molecule has 2 atom stereocenters. The van der Waals surface area contributed by atoms with Crippen LogP contribution in [0.1, 0.15) is 6.92 Å². The molecule has 1 heterocycles. The first-order valence-electron chi connectivity index (χ1n) is 4.11. The second-order valence-electron chi connectivity index (χ2n) is 3.17. The van der Waals surface area contributed by atoms with Gasteiger partial charge in [-0.25, -0.2) is 8.42 Å². The van der Waals surface area contributed by atoms with E-state index in [1.165, 1.54) is 0 Å². The normalized spacial score (nSPS) is 29.4. The van der Waals surface area contributed by atoms with E-state index in [9.17, 15) is 8.42 Å². The third-order valence-corrected chi connectivity index (χ3v) is 3.07. The van der Waals surface area contributed by atoms with Gasteiger partial charge in [0.15, 0.2) is 0 Å². The van der Waals surface area contributed by atoms with E-state index in [1.807, 2.05) is 6.92 Å². The van der Waals surface area contributed by atoms with Crippen molar-refractivity contribution < 1.29 is 17.9 Å². The minimum atomic E-state index is -3.43. The van der Waals surface area contributed by atoms with Gasteiger partial charge in [-0.1, -0.05) is 6.92 Å². The lowest BCUT2D eigenvalue weighted by atomic mass is 10.1. The second kappa shape index (κ2) is 4.59. The number of halogens is 1. The maximum Gasteiger partial charge on any atom is 0.234 e. The van der Waals surface area contributed by atoms with Crippen LogP contribution in [0.25, 0.3) is 0 Å². The fraction of sp³-hybridized carbons (Fsp3) is 1.00. The summed E-state index contributed by atoms with van der Waals surface area (Å²) in [6, 6.07) is 0. The van der Waals surface area contributed by atoms with Gasteiger partial charge in [-0.3, -0.25) is 0 Å². The largest absolute Gasteiger partial charge is 0.378 e. The van der Waals surface area contributed by atoms with Gasteiger partial charge in [-0.2, -0.15) is 0 Å². The van der Waals surface area contributed by atoms with Gasteiger partial charge in [0.2, 0.25) is 9.05 Å². The van der Waals surface area contributed by atoms with Gasteiger partial charge in [0, 0.05) is 16.6 Å². The summed E-state index contributed by atoms with van der Waals surface area (Å²) < 4.78 is 31.5. The van der Waals surface area contributed by atoms with E-state index in [0.29, 0.717) is 19.1 Å². The Morgan fingerprint density at radius 1 is 1.54 bits per heavy atom. The first kappa shape index (κ1) is 11.2. The van der Waals surface area contributed by atoms with Gasteiger partial charge in [-0.05, 0) is 0 Å². The SMILES string of the molecule is CC1COCC1OCCS(=O)(=O)Cl. The van der Waals surface area contributed by atoms with Crippen molar-refractivity contribution in [3.05, 3.63) is 0 Å². The smallest absolute Gasteiger partial charge is 0.234 e. The Balaban J connectivity index is 2.19. The zero-order chi connectivity index (χ0) is 9.90. The van der Waals surface area contributed by atoms with Crippen LogP contribution in [0, 0.1) is 5.92 Å². The second-order valence-corrected chi connectivity index (χ2v) is 6.06. The molecule has 4 nitrogen and oxygen atoms in total. The molecule has 6 heteroatoms. The molecule has 1 aliphatic heterocycles. The molecule has 1 aliphatic rings. The first-order chi connectivity index (χ1) is 5.99. The molecular weight excluding hydrogens is 216 g/mol. The molecule has 0 radical (unpaired) electrons. The molecule has 0 amide bonds. The van der Waals surface area contributed by atoms with Crippen molar-refractivity contribution in [2.24, 2.45) is 5.92 Å². The average Bonchev–Trinajstić information content (AvgIpc) is 2.34. The molecule has 0 aromatic heterocycles. The van der Waals surface area contributed by atoms with Crippen LogP contribution in [0.2, 0.25) is 0 Å². The summed E-state index contributed by atoms with van der Waals surface area (Å²) in [6.45, 7) is 3.37. The molecule has 0 saturated carbocycles. The number of ether oxygens (including phenoxy) is 2. The Morgan fingerprint density at radius 3 is 2.69 bits per heavy atom. The van der Waals surface area contributed by atoms with Crippen molar-refractivity contribution in [3.8, 4) is 0 Å². The van der Waals surface area contributed by atoms with Crippen LogP contribution >= 0.6 is 10.7 Å². The van der Waals surface area contributed by atoms with E-state index < -0.39 is 9.05 Å². The fourth-order valence-corrected chi connectivity index (χ4v) is 1.64. The van der Waals surface area contributed by atoms with Crippen LogP contribution in [0.4, 0.5) is 0 Å². The number of hydrogen-bond donors (Lipinski definition) is 0. The van der Waals surface area contributed by atoms with Gasteiger partial charge >= 0.3 is 0 Å². The molecule has 0 aromatic carbocycles. The van der Waals surface area contributed by atoms with Crippen molar-refractivity contribution in [2.75, 3.05) is 25.6 Å². The van der Waals surface area contributed by atoms with Crippen LogP contribution < -0.4 is 0 Å². The summed E-state index contributed by atoms with van der Waals surface area (Å²) in [6.07, 6.45) is 0.0124. The Kier molecular flexibility index (Phi) is 3.97. The maximum absolute atomic E-state index is 10.5. The quantitative estimate of drug-likeness (QED) is 0.662. The molecule has 0 bridgehead atoms. The van der Waals surface area contributed by atoms with E-state index in [2.05, 4.69) is 0 Å². The molecule has 0 spiro atoms. The fourth-order valence-electron chi connectivity index (χ4n) is 1.15. The van der Waals surface area contributed by atoms with Crippen molar-refractivity contribution in [1.29, 1.82) is 0 Å². The Bertz CT molecular complexity index is 251. The molecule has 1 rings (SSSR count). The van der Waals surface area contributed by atoms with Gasteiger partial charge in [-0.15, -0.1) is 0 Å². The lowest BCUT2D eigenvalue weighted by Crippen LogP contribution is -2.22. The minimum Gasteiger partial charge on any atom is -0.378 e. The maximum atomic E-state index is 10.5. The van der Waals surface area contributed by atoms with Crippen LogP contribution in [0.3, 0.4) is 0 Å². The molecule has 0 N–H and O–H groups in total. The highest BCUT2D eigenvalue weighted by molar-refractivity contribution is 8.13. The third kappa shape index (κ3) is 4.26. The topological polar surface area (TPSA) is 52.6 Å². The molecule has 1 fully saturated rings. The zero-order valence-electron chi connectivity index (χ0n) is 7.40. The van der Waals surface area contributed by atoms with Crippen LogP contribution in [0.5, 0.6) is 0 Å². The average molecular weight is 229 g/mol. The zero-order valence-corrected chi connectivity index (χ0v) is 8.97. The van der Waals surface area contributed by atoms with E-state index in [-0.39, 0.29) is 18.5 Å². The van der Waals surface area contributed by atoms with E-state index in [0.717, 1.165) is 0 Å². The van der Waals surface area contributed by atoms with E-state index in [4.69, 9.17) is 20.2 Å². The van der Waals surface area contributed by atoms with Crippen molar-refractivity contribution in [3.63, 3.8) is 0 Å². The molecule has 1 saturated heterocycles. The van der Waals surface area contributed by atoms with Gasteiger partial charge < -0.3 is 9.47 Å². The standard InChI is InChI=1S/C7H13ClO4S/c1-6-4-11-5-7(6)12-2-3-13(8,9)10/h6-7H,2-5H2,1H3. The van der Waals surface area contributed by atoms with Crippen LogP contribution in [0.15, 0.2) is 0 Å². The molecule has 2 unspecified atom stereocenters. The molecule has 0 aliphatic carbocycles. The summed E-state index contributed by atoms with van der Waals surface area (Å²) >= 11 is 0. The summed E-state index contributed by atoms with van der Waals surface area (Å²) in [5.74, 6) is 0.190. The van der Waals surface area contributed by atoms with Crippen molar-refractivity contribution >= 4 is 19.7 Å². The Labute approximate surface area is 82.6 Å². The third-order valence-electron chi connectivity index (χ3n) is 1.96. The highest BCUT2D eigenvalue weighted by Gasteiger charge is 2.25. The Hall–Kier alpha value is 0.160. The van der Waals surface area contributed by atoms with Crippen molar-refractivity contribution in [1.82, 2.24) is 0 Å². The summed E-state index contributed by atoms with van der Waals surface area (Å²) in [5.41, 5.74) is 0. The summed E-state index contributed by atoms with van der Waals surface area (Å²) in [5, 5.41) is 0. The predicted molar refractivity (Wildman–Crippen MR) is 49.4 cm³/mol. The predicted octanol–water partition coefficient (Wildman–Crippen LogP) is 0.607. The lowest BCUT2D eigenvalue weighted by molar-refractivity contribution is 0.0383. The highest BCUT2D eigenvalue weighted by atomic mass is 35.7. The van der Waals surface area contributed by atoms with Gasteiger partial charge in [0.05, 0.1) is 31.7 Å². The van der Waals surface area contributed by atoms with E-state index in [1.54, 1.807) is 0 Å². The van der Waals surface area contributed by atoms with Gasteiger partial charge in [0.1, 0.15) is 0 Å². The van der Waals surface area contributed by atoms with Crippen LogP contribution in [-0.4, -0.2) is 40.1 Å². The number of hydrogen-bond acceptors (Lipinski definition) is 4. The molecule has 0 aromatic rings. The lowest BCUT2D eigenvalue weighted by Gasteiger charge is -2.13.